The van der Waals surface area contributed by atoms with Crippen LogP contribution >= 0.6 is 34.3 Å². The summed E-state index contributed by atoms with van der Waals surface area (Å²) in [5, 5.41) is 11.9. The molecule has 0 bridgehead atoms. The monoisotopic (exact) mass is 305 g/mol. The van der Waals surface area contributed by atoms with E-state index in [2.05, 4.69) is 12.1 Å². The SMILES string of the molecule is N#CC(=C(Cl)c1cc2c(s1)CCCC2)c1cccs1. The summed E-state index contributed by atoms with van der Waals surface area (Å²) < 4.78 is 0. The van der Waals surface area contributed by atoms with Gasteiger partial charge in [-0.2, -0.15) is 5.26 Å². The number of allylic oxidation sites excluding steroid dienone is 1. The molecule has 0 aliphatic heterocycles. The Bertz CT molecular complexity index is 635. The van der Waals surface area contributed by atoms with Crippen LogP contribution in [0, 0.1) is 11.3 Å². The predicted molar refractivity (Wildman–Crippen MR) is 83.6 cm³/mol. The molecule has 0 atom stereocenters. The Kier molecular flexibility index (Phi) is 3.74. The third-order valence-electron chi connectivity index (χ3n) is 3.31. The summed E-state index contributed by atoms with van der Waals surface area (Å²) in [4.78, 5) is 3.43. The Morgan fingerprint density at radius 3 is 2.79 bits per heavy atom. The molecule has 0 amide bonds. The van der Waals surface area contributed by atoms with E-state index in [-0.39, 0.29) is 0 Å². The molecule has 0 aromatic carbocycles. The van der Waals surface area contributed by atoms with E-state index in [4.69, 9.17) is 11.6 Å². The lowest BCUT2D eigenvalue weighted by molar-refractivity contribution is 0.697. The zero-order valence-electron chi connectivity index (χ0n) is 10.3. The fraction of sp³-hybridized carbons (Fsp3) is 0.267. The van der Waals surface area contributed by atoms with E-state index in [0.717, 1.165) is 22.6 Å². The van der Waals surface area contributed by atoms with Crippen LogP contribution in [0.15, 0.2) is 23.6 Å². The number of nitriles is 1. The molecule has 4 heteroatoms. The Balaban J connectivity index is 2.05. The van der Waals surface area contributed by atoms with Gasteiger partial charge in [0, 0.05) is 14.6 Å². The van der Waals surface area contributed by atoms with Crippen molar-refractivity contribution < 1.29 is 0 Å². The van der Waals surface area contributed by atoms with Gasteiger partial charge in [-0.25, -0.2) is 0 Å². The summed E-state index contributed by atoms with van der Waals surface area (Å²) in [6.45, 7) is 0. The molecule has 2 aromatic rings. The van der Waals surface area contributed by atoms with Crippen LogP contribution in [0.3, 0.4) is 0 Å². The maximum atomic E-state index is 9.35. The lowest BCUT2D eigenvalue weighted by Gasteiger charge is -2.08. The minimum Gasteiger partial charge on any atom is -0.192 e. The second kappa shape index (κ2) is 5.50. The maximum Gasteiger partial charge on any atom is 0.102 e. The minimum absolute atomic E-state index is 0.593. The lowest BCUT2D eigenvalue weighted by Crippen LogP contribution is -1.96. The summed E-state index contributed by atoms with van der Waals surface area (Å²) in [6.07, 6.45) is 4.84. The van der Waals surface area contributed by atoms with Gasteiger partial charge in [0.1, 0.15) is 6.07 Å². The molecule has 19 heavy (non-hydrogen) atoms. The molecule has 0 N–H and O–H groups in total. The van der Waals surface area contributed by atoms with Crippen LogP contribution in [0.1, 0.15) is 33.0 Å². The van der Waals surface area contributed by atoms with Crippen LogP contribution in [-0.4, -0.2) is 0 Å². The highest BCUT2D eigenvalue weighted by Gasteiger charge is 2.17. The minimum atomic E-state index is 0.593. The number of thiophene rings is 2. The Morgan fingerprint density at radius 1 is 1.26 bits per heavy atom. The summed E-state index contributed by atoms with van der Waals surface area (Å²) >= 11 is 9.76. The van der Waals surface area contributed by atoms with Gasteiger partial charge in [-0.3, -0.25) is 0 Å². The molecule has 0 spiro atoms. The van der Waals surface area contributed by atoms with Gasteiger partial charge >= 0.3 is 0 Å². The smallest absolute Gasteiger partial charge is 0.102 e. The molecule has 2 heterocycles. The van der Waals surface area contributed by atoms with Crippen molar-refractivity contribution in [2.75, 3.05) is 0 Å². The molecule has 0 saturated carbocycles. The van der Waals surface area contributed by atoms with Crippen LogP contribution in [-0.2, 0) is 12.8 Å². The maximum absolute atomic E-state index is 9.35. The zero-order chi connectivity index (χ0) is 13.2. The molecular formula is C15H12ClNS2. The van der Waals surface area contributed by atoms with Crippen molar-refractivity contribution >= 4 is 44.9 Å². The van der Waals surface area contributed by atoms with Crippen molar-refractivity contribution in [1.29, 1.82) is 5.26 Å². The summed E-state index contributed by atoms with van der Waals surface area (Å²) in [5.41, 5.74) is 2.02. The van der Waals surface area contributed by atoms with Gasteiger partial charge in [-0.15, -0.1) is 22.7 Å². The van der Waals surface area contributed by atoms with Crippen molar-refractivity contribution in [2.24, 2.45) is 0 Å². The first kappa shape index (κ1) is 12.9. The fourth-order valence-electron chi connectivity index (χ4n) is 2.36. The van der Waals surface area contributed by atoms with Crippen molar-refractivity contribution in [2.45, 2.75) is 25.7 Å². The van der Waals surface area contributed by atoms with Crippen molar-refractivity contribution in [3.05, 3.63) is 43.8 Å². The third-order valence-corrected chi connectivity index (χ3v) is 5.96. The number of hydrogen-bond donors (Lipinski definition) is 0. The van der Waals surface area contributed by atoms with Crippen LogP contribution < -0.4 is 0 Å². The predicted octanol–water partition coefficient (Wildman–Crippen LogP) is 5.32. The first-order chi connectivity index (χ1) is 9.29. The number of halogens is 1. The van der Waals surface area contributed by atoms with Crippen LogP contribution in [0.25, 0.3) is 10.6 Å². The number of nitrogens with zero attached hydrogens (tertiary/aromatic N) is 1. The average Bonchev–Trinajstić information content (AvgIpc) is 3.08. The van der Waals surface area contributed by atoms with Gasteiger partial charge in [0.25, 0.3) is 0 Å². The molecule has 0 unspecified atom stereocenters. The molecule has 0 saturated heterocycles. The summed E-state index contributed by atoms with van der Waals surface area (Å²) in [5.74, 6) is 0. The first-order valence-electron chi connectivity index (χ1n) is 6.25. The fourth-order valence-corrected chi connectivity index (χ4v) is 4.65. The molecule has 1 aliphatic rings. The first-order valence-corrected chi connectivity index (χ1v) is 8.32. The van der Waals surface area contributed by atoms with Crippen LogP contribution in [0.5, 0.6) is 0 Å². The molecule has 96 valence electrons. The topological polar surface area (TPSA) is 23.8 Å². The average molecular weight is 306 g/mol. The number of rotatable bonds is 2. The molecule has 0 radical (unpaired) electrons. The highest BCUT2D eigenvalue weighted by Crippen LogP contribution is 2.38. The normalized spacial score (nSPS) is 15.6. The highest BCUT2D eigenvalue weighted by molar-refractivity contribution is 7.14. The highest BCUT2D eigenvalue weighted by atomic mass is 35.5. The standard InChI is InChI=1S/C15H12ClNS2/c16-15(11(9-17)13-6-3-7-18-13)14-8-10-4-1-2-5-12(10)19-14/h3,6-8H,1-2,4-5H2. The Labute approximate surface area is 125 Å². The van der Waals surface area contributed by atoms with Gasteiger partial charge in [0.05, 0.1) is 10.6 Å². The molecule has 0 fully saturated rings. The molecule has 1 aliphatic carbocycles. The van der Waals surface area contributed by atoms with E-state index in [9.17, 15) is 5.26 Å². The Morgan fingerprint density at radius 2 is 2.11 bits per heavy atom. The second-order valence-corrected chi connectivity index (χ2v) is 7.01. The van der Waals surface area contributed by atoms with Crippen molar-refractivity contribution in [1.82, 2.24) is 0 Å². The van der Waals surface area contributed by atoms with Gasteiger partial charge in [0.15, 0.2) is 0 Å². The van der Waals surface area contributed by atoms with Crippen molar-refractivity contribution in [3.63, 3.8) is 0 Å². The van der Waals surface area contributed by atoms with Crippen molar-refractivity contribution in [3.8, 4) is 6.07 Å². The van der Waals surface area contributed by atoms with Gasteiger partial charge < -0.3 is 0 Å². The molecule has 2 aromatic heterocycles. The van der Waals surface area contributed by atoms with E-state index in [1.165, 1.54) is 23.3 Å². The number of hydrogen-bond acceptors (Lipinski definition) is 3. The van der Waals surface area contributed by atoms with E-state index < -0.39 is 0 Å². The van der Waals surface area contributed by atoms with Gasteiger partial charge in [0.2, 0.25) is 0 Å². The van der Waals surface area contributed by atoms with E-state index >= 15 is 0 Å². The van der Waals surface area contributed by atoms with Crippen LogP contribution in [0.2, 0.25) is 0 Å². The lowest BCUT2D eigenvalue weighted by atomic mass is 9.99. The van der Waals surface area contributed by atoms with Gasteiger partial charge in [-0.1, -0.05) is 17.7 Å². The van der Waals surface area contributed by atoms with Gasteiger partial charge in [-0.05, 0) is 48.8 Å². The number of aryl methyl sites for hydroxylation is 2. The summed E-state index contributed by atoms with van der Waals surface area (Å²) in [7, 11) is 0. The summed E-state index contributed by atoms with van der Waals surface area (Å²) in [6, 6.07) is 8.31. The second-order valence-electron chi connectivity index (χ2n) is 4.54. The number of fused-ring (bicyclic) bond motifs is 1. The third kappa shape index (κ3) is 2.49. The largest absolute Gasteiger partial charge is 0.192 e. The molecular weight excluding hydrogens is 294 g/mol. The van der Waals surface area contributed by atoms with E-state index in [1.807, 2.05) is 17.5 Å². The quantitative estimate of drug-likeness (QED) is 0.689. The zero-order valence-corrected chi connectivity index (χ0v) is 12.7. The Hall–Kier alpha value is -1.08. The molecule has 1 nitrogen and oxygen atoms in total. The van der Waals surface area contributed by atoms with E-state index in [1.54, 1.807) is 22.7 Å². The van der Waals surface area contributed by atoms with E-state index in [0.29, 0.717) is 10.6 Å². The molecule has 3 rings (SSSR count). The van der Waals surface area contributed by atoms with Crippen LogP contribution in [0.4, 0.5) is 0 Å².